The normalized spacial score (nSPS) is 15.4. The van der Waals surface area contributed by atoms with Gasteiger partial charge in [0.05, 0.1) is 17.9 Å². The Kier molecular flexibility index (Phi) is 7.12. The molecule has 1 fully saturated rings. The second-order valence-electron chi connectivity index (χ2n) is 9.87. The van der Waals surface area contributed by atoms with Crippen molar-refractivity contribution in [1.29, 1.82) is 0 Å². The van der Waals surface area contributed by atoms with Gasteiger partial charge in [-0.3, -0.25) is 14.9 Å². The summed E-state index contributed by atoms with van der Waals surface area (Å²) in [6.45, 7) is 4.73. The Hall–Kier alpha value is -4.06. The highest BCUT2D eigenvalue weighted by atomic mass is 19.1. The Morgan fingerprint density at radius 1 is 0.711 bits per heavy atom. The van der Waals surface area contributed by atoms with Crippen LogP contribution in [-0.2, 0) is 6.54 Å². The van der Waals surface area contributed by atoms with Gasteiger partial charge in [0.15, 0.2) is 0 Å². The van der Waals surface area contributed by atoms with Crippen LogP contribution in [0.15, 0.2) is 115 Å². The molecule has 1 saturated heterocycles. The first-order valence-corrected chi connectivity index (χ1v) is 13.2. The lowest BCUT2D eigenvalue weighted by Gasteiger charge is -2.39. The molecule has 1 aliphatic rings. The zero-order chi connectivity index (χ0) is 25.7. The topological polar surface area (TPSA) is 35.2 Å². The Labute approximate surface area is 223 Å². The van der Waals surface area contributed by atoms with Crippen molar-refractivity contribution < 1.29 is 4.39 Å². The van der Waals surface area contributed by atoms with Crippen molar-refractivity contribution in [3.63, 3.8) is 0 Å². The zero-order valence-corrected chi connectivity index (χ0v) is 21.3. The molecule has 5 heteroatoms. The van der Waals surface area contributed by atoms with Gasteiger partial charge in [-0.05, 0) is 34.4 Å². The molecule has 0 amide bonds. The van der Waals surface area contributed by atoms with Crippen LogP contribution >= 0.6 is 0 Å². The number of hydrogen-bond acceptors (Lipinski definition) is 3. The summed E-state index contributed by atoms with van der Waals surface area (Å²) < 4.78 is 14.9. The lowest BCUT2D eigenvalue weighted by atomic mass is 9.92. The minimum absolute atomic E-state index is 0.0351. The molecule has 1 aliphatic heterocycles. The van der Waals surface area contributed by atoms with Crippen LogP contribution in [0.2, 0.25) is 0 Å². The van der Waals surface area contributed by atoms with Gasteiger partial charge in [-0.25, -0.2) is 4.39 Å². The first kappa shape index (κ1) is 24.3. The summed E-state index contributed by atoms with van der Waals surface area (Å²) in [5.41, 5.74) is 7.19. The lowest BCUT2D eigenvalue weighted by Crippen LogP contribution is -2.47. The molecule has 38 heavy (non-hydrogen) atoms. The fourth-order valence-corrected chi connectivity index (χ4v) is 5.48. The molecule has 4 nitrogen and oxygen atoms in total. The maximum absolute atomic E-state index is 14.9. The molecule has 190 valence electrons. The lowest BCUT2D eigenvalue weighted by molar-refractivity contribution is 0.105. The summed E-state index contributed by atoms with van der Waals surface area (Å²) in [7, 11) is 0. The first-order valence-electron chi connectivity index (χ1n) is 13.2. The van der Waals surface area contributed by atoms with E-state index in [1.54, 1.807) is 6.07 Å². The van der Waals surface area contributed by atoms with Gasteiger partial charge in [-0.15, -0.1) is 0 Å². The highest BCUT2D eigenvalue weighted by Gasteiger charge is 2.30. The maximum Gasteiger partial charge on any atom is 0.132 e. The smallest absolute Gasteiger partial charge is 0.132 e. The van der Waals surface area contributed by atoms with Crippen molar-refractivity contribution in [3.8, 4) is 22.4 Å². The highest BCUT2D eigenvalue weighted by molar-refractivity contribution is 5.66. The van der Waals surface area contributed by atoms with Crippen molar-refractivity contribution in [3.05, 3.63) is 138 Å². The summed E-state index contributed by atoms with van der Waals surface area (Å²) in [5, 5.41) is 7.49. The summed E-state index contributed by atoms with van der Waals surface area (Å²) in [5.74, 6) is -0.246. The van der Waals surface area contributed by atoms with Crippen LogP contribution < -0.4 is 0 Å². The molecular weight excluding hydrogens is 471 g/mol. The zero-order valence-electron chi connectivity index (χ0n) is 21.3. The molecule has 0 aliphatic carbocycles. The monoisotopic (exact) mass is 502 g/mol. The molecule has 2 heterocycles. The van der Waals surface area contributed by atoms with Crippen LogP contribution in [0.1, 0.15) is 22.7 Å². The maximum atomic E-state index is 14.9. The van der Waals surface area contributed by atoms with E-state index in [0.717, 1.165) is 44.0 Å². The average Bonchev–Trinajstić information content (AvgIpc) is 3.45. The number of benzene rings is 4. The number of piperazine rings is 1. The molecular formula is C33H31FN4. The molecule has 1 N–H and O–H groups in total. The Morgan fingerprint density at radius 2 is 1.34 bits per heavy atom. The minimum atomic E-state index is -0.246. The fourth-order valence-electron chi connectivity index (χ4n) is 5.48. The molecule has 1 unspecified atom stereocenters. The SMILES string of the molecule is Fc1ccccc1-c1[nH]ncc1C(c1ccc(-c2ccccc2)cc1)N1CCN(Cc2ccccc2)CC1. The van der Waals surface area contributed by atoms with Crippen LogP contribution in [0.5, 0.6) is 0 Å². The van der Waals surface area contributed by atoms with Gasteiger partial charge in [0.2, 0.25) is 0 Å². The third-order valence-corrected chi connectivity index (χ3v) is 7.46. The van der Waals surface area contributed by atoms with E-state index in [4.69, 9.17) is 0 Å². The molecule has 0 saturated carbocycles. The largest absolute Gasteiger partial charge is 0.297 e. The quantitative estimate of drug-likeness (QED) is 0.266. The second kappa shape index (κ2) is 11.1. The Balaban J connectivity index is 1.31. The van der Waals surface area contributed by atoms with Gasteiger partial charge in [-0.2, -0.15) is 5.10 Å². The van der Waals surface area contributed by atoms with E-state index in [9.17, 15) is 4.39 Å². The molecule has 0 bridgehead atoms. The number of hydrogen-bond donors (Lipinski definition) is 1. The summed E-state index contributed by atoms with van der Waals surface area (Å²) in [6.07, 6.45) is 1.87. The van der Waals surface area contributed by atoms with Gasteiger partial charge in [0.1, 0.15) is 5.82 Å². The van der Waals surface area contributed by atoms with E-state index in [0.29, 0.717) is 5.56 Å². The number of rotatable bonds is 7. The standard InChI is InChI=1S/C33H31FN4/c34-31-14-8-7-13-29(31)32-30(23-35-36-32)33(28-17-15-27(16-18-28)26-11-5-2-6-12-26)38-21-19-37(20-22-38)24-25-9-3-1-4-10-25/h1-18,23,33H,19-22,24H2,(H,35,36). The van der Waals surface area contributed by atoms with E-state index < -0.39 is 0 Å². The average molecular weight is 503 g/mol. The highest BCUT2D eigenvalue weighted by Crippen LogP contribution is 2.37. The van der Waals surface area contributed by atoms with Gasteiger partial charge >= 0.3 is 0 Å². The molecule has 1 atom stereocenters. The minimum Gasteiger partial charge on any atom is -0.297 e. The number of nitrogens with zero attached hydrogens (tertiary/aromatic N) is 3. The molecule has 0 radical (unpaired) electrons. The predicted molar refractivity (Wildman–Crippen MR) is 151 cm³/mol. The molecule has 5 aromatic rings. The van der Waals surface area contributed by atoms with Crippen molar-refractivity contribution in [2.75, 3.05) is 26.2 Å². The number of aromatic nitrogens is 2. The third kappa shape index (κ3) is 5.17. The van der Waals surface area contributed by atoms with E-state index >= 15 is 0 Å². The van der Waals surface area contributed by atoms with E-state index in [1.165, 1.54) is 28.3 Å². The summed E-state index contributed by atoms with van der Waals surface area (Å²) >= 11 is 0. The Morgan fingerprint density at radius 3 is 2.05 bits per heavy atom. The van der Waals surface area contributed by atoms with Crippen LogP contribution in [0, 0.1) is 5.82 Å². The number of halogens is 1. The van der Waals surface area contributed by atoms with E-state index in [2.05, 4.69) is 98.9 Å². The van der Waals surface area contributed by atoms with E-state index in [-0.39, 0.29) is 11.9 Å². The van der Waals surface area contributed by atoms with E-state index in [1.807, 2.05) is 24.4 Å². The summed E-state index contributed by atoms with van der Waals surface area (Å²) in [6, 6.07) is 36.7. The van der Waals surface area contributed by atoms with Gasteiger partial charge in [-0.1, -0.05) is 97.1 Å². The second-order valence-corrected chi connectivity index (χ2v) is 9.87. The van der Waals surface area contributed by atoms with Crippen molar-refractivity contribution in [2.45, 2.75) is 12.6 Å². The molecule has 4 aromatic carbocycles. The van der Waals surface area contributed by atoms with Crippen molar-refractivity contribution in [1.82, 2.24) is 20.0 Å². The predicted octanol–water partition coefficient (Wildman–Crippen LogP) is 6.79. The van der Waals surface area contributed by atoms with Crippen molar-refractivity contribution >= 4 is 0 Å². The first-order chi connectivity index (χ1) is 18.8. The van der Waals surface area contributed by atoms with Crippen molar-refractivity contribution in [2.24, 2.45) is 0 Å². The number of aromatic amines is 1. The van der Waals surface area contributed by atoms with Crippen LogP contribution in [0.25, 0.3) is 22.4 Å². The molecule has 1 aromatic heterocycles. The number of nitrogens with one attached hydrogen (secondary N) is 1. The van der Waals surface area contributed by atoms with Crippen LogP contribution in [0.3, 0.4) is 0 Å². The van der Waals surface area contributed by atoms with Gasteiger partial charge < -0.3 is 0 Å². The van der Waals surface area contributed by atoms with Gasteiger partial charge in [0.25, 0.3) is 0 Å². The fraction of sp³-hybridized carbons (Fsp3) is 0.182. The number of H-pyrrole nitrogens is 1. The molecule has 0 spiro atoms. The summed E-state index contributed by atoms with van der Waals surface area (Å²) in [4.78, 5) is 5.02. The molecule has 6 rings (SSSR count). The Bertz CT molecular complexity index is 1460. The van der Waals surface area contributed by atoms with Crippen LogP contribution in [0.4, 0.5) is 4.39 Å². The van der Waals surface area contributed by atoms with Crippen LogP contribution in [-0.4, -0.2) is 46.2 Å². The third-order valence-electron chi connectivity index (χ3n) is 7.46. The van der Waals surface area contributed by atoms with Gasteiger partial charge in [0, 0.05) is 43.9 Å².